The van der Waals surface area contributed by atoms with Gasteiger partial charge in [0.25, 0.3) is 0 Å². The van der Waals surface area contributed by atoms with Crippen LogP contribution in [0, 0.1) is 5.41 Å². The van der Waals surface area contributed by atoms with Crippen molar-refractivity contribution in [3.05, 3.63) is 52.6 Å². The smallest absolute Gasteiger partial charge is 0.128 e. The number of anilines is 1. The highest BCUT2D eigenvalue weighted by Crippen LogP contribution is 2.27. The van der Waals surface area contributed by atoms with Crippen molar-refractivity contribution in [3.8, 4) is 0 Å². The van der Waals surface area contributed by atoms with Crippen LogP contribution >= 0.6 is 11.6 Å². The van der Waals surface area contributed by atoms with Gasteiger partial charge in [-0.25, -0.2) is 0 Å². The molecule has 0 spiro atoms. The third-order valence-electron chi connectivity index (χ3n) is 4.43. The Hall–Kier alpha value is -1.74. The van der Waals surface area contributed by atoms with Crippen molar-refractivity contribution in [3.63, 3.8) is 0 Å². The average molecular weight is 316 g/mol. The van der Waals surface area contributed by atoms with E-state index in [-0.39, 0.29) is 0 Å². The molecule has 1 N–H and O–H groups in total. The Morgan fingerprint density at radius 1 is 1.05 bits per heavy atom. The lowest BCUT2D eigenvalue weighted by molar-refractivity contribution is 0.384. The molecule has 0 aromatic heterocycles. The van der Waals surface area contributed by atoms with Gasteiger partial charge in [-0.15, -0.1) is 0 Å². The number of para-hydroxylation sites is 1. The number of rotatable bonds is 2. The van der Waals surface area contributed by atoms with Gasteiger partial charge in [0.15, 0.2) is 0 Å². The van der Waals surface area contributed by atoms with Gasteiger partial charge in [-0.1, -0.05) is 35.9 Å². The molecular weight excluding hydrogens is 294 g/mol. The standard InChI is InChI=1S/C18H22ClN3/c1-14-6-2-3-7-15(14)18(20)22-12-10-21(11-13-22)17-9-5-4-8-16(17)19/h4-9,20H,2-3,10-13H2,1H3. The summed E-state index contributed by atoms with van der Waals surface area (Å²) in [5.74, 6) is 0.673. The third-order valence-corrected chi connectivity index (χ3v) is 4.75. The van der Waals surface area contributed by atoms with Gasteiger partial charge in [0.2, 0.25) is 0 Å². The second-order valence-electron chi connectivity index (χ2n) is 5.86. The van der Waals surface area contributed by atoms with E-state index in [1.807, 2.05) is 18.2 Å². The van der Waals surface area contributed by atoms with Gasteiger partial charge in [0.05, 0.1) is 10.7 Å². The first-order valence-electron chi connectivity index (χ1n) is 7.87. The molecular formula is C18H22ClN3. The topological polar surface area (TPSA) is 30.3 Å². The summed E-state index contributed by atoms with van der Waals surface area (Å²) in [4.78, 5) is 4.49. The van der Waals surface area contributed by atoms with Gasteiger partial charge in [0, 0.05) is 31.8 Å². The molecule has 1 fully saturated rings. The second kappa shape index (κ2) is 6.57. The molecule has 0 atom stereocenters. The van der Waals surface area contributed by atoms with Crippen LogP contribution in [0.5, 0.6) is 0 Å². The first-order chi connectivity index (χ1) is 10.7. The predicted octanol–water partition coefficient (Wildman–Crippen LogP) is 4.11. The van der Waals surface area contributed by atoms with E-state index in [1.165, 1.54) is 5.57 Å². The summed E-state index contributed by atoms with van der Waals surface area (Å²) in [7, 11) is 0. The monoisotopic (exact) mass is 315 g/mol. The summed E-state index contributed by atoms with van der Waals surface area (Å²) >= 11 is 6.28. The molecule has 1 aromatic carbocycles. The first kappa shape index (κ1) is 15.2. The fourth-order valence-electron chi connectivity index (χ4n) is 3.13. The van der Waals surface area contributed by atoms with E-state index in [9.17, 15) is 0 Å². The molecule has 2 aliphatic rings. The van der Waals surface area contributed by atoms with Gasteiger partial charge in [-0.05, 0) is 37.5 Å². The molecule has 3 nitrogen and oxygen atoms in total. The third kappa shape index (κ3) is 3.05. The SMILES string of the molecule is CC1=CCCC=C1C(=N)N1CCN(c2ccccc2Cl)CC1. The van der Waals surface area contributed by atoms with Crippen LogP contribution in [0.1, 0.15) is 19.8 Å². The van der Waals surface area contributed by atoms with Crippen molar-refractivity contribution in [2.75, 3.05) is 31.1 Å². The molecule has 0 unspecified atom stereocenters. The summed E-state index contributed by atoms with van der Waals surface area (Å²) in [5.41, 5.74) is 3.45. The molecule has 116 valence electrons. The number of nitrogens with one attached hydrogen (secondary N) is 1. The van der Waals surface area contributed by atoms with Gasteiger partial charge in [0.1, 0.15) is 5.84 Å². The highest BCUT2D eigenvalue weighted by molar-refractivity contribution is 6.33. The fraction of sp³-hybridized carbons (Fsp3) is 0.389. The lowest BCUT2D eigenvalue weighted by Gasteiger charge is -2.38. The Morgan fingerprint density at radius 3 is 2.41 bits per heavy atom. The average Bonchev–Trinajstić information content (AvgIpc) is 2.55. The molecule has 22 heavy (non-hydrogen) atoms. The second-order valence-corrected chi connectivity index (χ2v) is 6.26. The Kier molecular flexibility index (Phi) is 4.53. The zero-order chi connectivity index (χ0) is 15.5. The Bertz CT molecular complexity index is 625. The lowest BCUT2D eigenvalue weighted by Crippen LogP contribution is -2.49. The molecule has 4 heteroatoms. The molecule has 0 amide bonds. The molecule has 3 rings (SSSR count). The minimum Gasteiger partial charge on any atom is -0.367 e. The first-order valence-corrected chi connectivity index (χ1v) is 8.25. The van der Waals surface area contributed by atoms with Crippen LogP contribution in [-0.4, -0.2) is 36.9 Å². The normalized spacial score (nSPS) is 18.8. The van der Waals surface area contributed by atoms with Crippen molar-refractivity contribution in [1.29, 1.82) is 5.41 Å². The maximum Gasteiger partial charge on any atom is 0.128 e. The van der Waals surface area contributed by atoms with Crippen molar-refractivity contribution in [2.45, 2.75) is 19.8 Å². The van der Waals surface area contributed by atoms with Crippen LogP contribution < -0.4 is 4.90 Å². The van der Waals surface area contributed by atoms with Crippen LogP contribution in [0.15, 0.2) is 47.6 Å². The molecule has 0 saturated carbocycles. The van der Waals surface area contributed by atoms with E-state index in [4.69, 9.17) is 17.0 Å². The largest absolute Gasteiger partial charge is 0.367 e. The van der Waals surface area contributed by atoms with E-state index in [1.54, 1.807) is 0 Å². The highest BCUT2D eigenvalue weighted by atomic mass is 35.5. The van der Waals surface area contributed by atoms with Crippen LogP contribution in [0.3, 0.4) is 0 Å². The number of allylic oxidation sites excluding steroid dienone is 2. The van der Waals surface area contributed by atoms with Crippen molar-refractivity contribution >= 4 is 23.1 Å². The maximum absolute atomic E-state index is 8.49. The van der Waals surface area contributed by atoms with E-state index in [0.717, 1.165) is 55.3 Å². The van der Waals surface area contributed by atoms with Crippen LogP contribution in [0.2, 0.25) is 5.02 Å². The number of hydrogen-bond donors (Lipinski definition) is 1. The van der Waals surface area contributed by atoms with Crippen LogP contribution in [-0.2, 0) is 0 Å². The van der Waals surface area contributed by atoms with E-state index in [0.29, 0.717) is 5.84 Å². The number of benzene rings is 1. The van der Waals surface area contributed by atoms with Gasteiger partial charge >= 0.3 is 0 Å². The molecule has 0 bridgehead atoms. The minimum atomic E-state index is 0.673. The zero-order valence-electron chi connectivity index (χ0n) is 13.0. The lowest BCUT2D eigenvalue weighted by atomic mass is 9.97. The van der Waals surface area contributed by atoms with E-state index in [2.05, 4.69) is 34.9 Å². The Morgan fingerprint density at radius 2 is 1.73 bits per heavy atom. The van der Waals surface area contributed by atoms with E-state index >= 15 is 0 Å². The van der Waals surface area contributed by atoms with Crippen molar-refractivity contribution < 1.29 is 0 Å². The molecule has 1 aliphatic carbocycles. The predicted molar refractivity (Wildman–Crippen MR) is 94.0 cm³/mol. The quantitative estimate of drug-likeness (QED) is 0.657. The molecule has 1 saturated heterocycles. The summed E-state index contributed by atoms with van der Waals surface area (Å²) in [6.07, 6.45) is 6.60. The van der Waals surface area contributed by atoms with Crippen molar-refractivity contribution in [1.82, 2.24) is 4.90 Å². The Balaban J connectivity index is 1.65. The molecule has 0 radical (unpaired) electrons. The number of halogens is 1. The van der Waals surface area contributed by atoms with Gasteiger partial charge in [-0.3, -0.25) is 5.41 Å². The number of amidine groups is 1. The maximum atomic E-state index is 8.49. The summed E-state index contributed by atoms with van der Waals surface area (Å²) < 4.78 is 0. The molecule has 1 aliphatic heterocycles. The zero-order valence-corrected chi connectivity index (χ0v) is 13.7. The van der Waals surface area contributed by atoms with Crippen LogP contribution in [0.4, 0.5) is 5.69 Å². The van der Waals surface area contributed by atoms with E-state index < -0.39 is 0 Å². The number of nitrogens with zero attached hydrogens (tertiary/aromatic N) is 2. The van der Waals surface area contributed by atoms with Gasteiger partial charge < -0.3 is 9.80 Å². The summed E-state index contributed by atoms with van der Waals surface area (Å²) in [6.45, 7) is 5.66. The Labute approximate surface area is 137 Å². The molecule has 1 heterocycles. The van der Waals surface area contributed by atoms with Crippen molar-refractivity contribution in [2.24, 2.45) is 0 Å². The summed E-state index contributed by atoms with van der Waals surface area (Å²) in [5, 5.41) is 9.30. The fourth-order valence-corrected chi connectivity index (χ4v) is 3.39. The minimum absolute atomic E-state index is 0.673. The number of piperazine rings is 1. The highest BCUT2D eigenvalue weighted by Gasteiger charge is 2.23. The number of hydrogen-bond acceptors (Lipinski definition) is 2. The summed E-state index contributed by atoms with van der Waals surface area (Å²) in [6, 6.07) is 7.99. The van der Waals surface area contributed by atoms with Gasteiger partial charge in [-0.2, -0.15) is 0 Å². The van der Waals surface area contributed by atoms with Crippen LogP contribution in [0.25, 0.3) is 0 Å². The molecule has 1 aromatic rings.